The third-order valence-corrected chi connectivity index (χ3v) is 2.47. The predicted molar refractivity (Wildman–Crippen MR) is 68.4 cm³/mol. The molecule has 0 saturated heterocycles. The van der Waals surface area contributed by atoms with Gasteiger partial charge in [-0.15, -0.1) is 0 Å². The summed E-state index contributed by atoms with van der Waals surface area (Å²) in [7, 11) is 2.20. The summed E-state index contributed by atoms with van der Waals surface area (Å²) in [6, 6.07) is 0. The molecular weight excluding hydrogens is 320 g/mol. The minimum Gasteiger partial charge on any atom is -0.465 e. The van der Waals surface area contributed by atoms with E-state index in [-0.39, 0.29) is 17.2 Å². The molecule has 1 rings (SSSR count). The van der Waals surface area contributed by atoms with Crippen LogP contribution in [0.15, 0.2) is 0 Å². The molecule has 0 bridgehead atoms. The zero-order chi connectivity index (χ0) is 14.8. The van der Waals surface area contributed by atoms with Gasteiger partial charge in [-0.3, -0.25) is 0 Å². The van der Waals surface area contributed by atoms with E-state index in [4.69, 9.17) is 40.5 Å². The van der Waals surface area contributed by atoms with Crippen molar-refractivity contribution in [1.29, 1.82) is 0 Å². The molecule has 1 heterocycles. The number of ether oxygens (including phenoxy) is 2. The largest absolute Gasteiger partial charge is 0.465 e. The van der Waals surface area contributed by atoms with E-state index in [1.807, 2.05) is 0 Å². The lowest BCUT2D eigenvalue weighted by molar-refractivity contribution is 0.0549. The van der Waals surface area contributed by atoms with Crippen molar-refractivity contribution in [3.63, 3.8) is 0 Å². The number of nitrogens with two attached hydrogens (primary N) is 1. The number of carbonyl (C=O) groups excluding carboxylic acids is 2. The molecule has 0 spiro atoms. The Balaban J connectivity index is 3.57. The van der Waals surface area contributed by atoms with Gasteiger partial charge in [-0.25, -0.2) is 19.6 Å². The molecule has 0 radical (unpaired) electrons. The summed E-state index contributed by atoms with van der Waals surface area (Å²) in [5, 5.41) is 0. The molecular formula is C9H8Cl3N3O4. The molecule has 2 N–H and O–H groups in total. The van der Waals surface area contributed by atoms with E-state index in [9.17, 15) is 9.59 Å². The number of nitrogens with zero attached hydrogens (tertiary/aromatic N) is 2. The summed E-state index contributed by atoms with van der Waals surface area (Å²) >= 11 is 16.8. The molecule has 1 aromatic heterocycles. The van der Waals surface area contributed by atoms with Gasteiger partial charge in [-0.1, -0.05) is 34.8 Å². The van der Waals surface area contributed by atoms with Crippen LogP contribution in [0, 0.1) is 0 Å². The van der Waals surface area contributed by atoms with Crippen molar-refractivity contribution in [2.24, 2.45) is 0 Å². The van der Waals surface area contributed by atoms with Crippen LogP contribution in [0.4, 0.5) is 5.82 Å². The molecule has 0 aliphatic carbocycles. The van der Waals surface area contributed by atoms with Gasteiger partial charge in [-0.2, -0.15) is 0 Å². The first-order valence-corrected chi connectivity index (χ1v) is 5.77. The summed E-state index contributed by atoms with van der Waals surface area (Å²) in [6.45, 7) is 0. The third-order valence-electron chi connectivity index (χ3n) is 1.96. The second kappa shape index (κ2) is 5.77. The summed E-state index contributed by atoms with van der Waals surface area (Å²) in [6.07, 6.45) is 0. The highest BCUT2D eigenvalue weighted by Gasteiger charge is 2.33. The second-order valence-corrected chi connectivity index (χ2v) is 5.42. The Bertz CT molecular complexity index is 530. The number of esters is 2. The first-order chi connectivity index (χ1) is 8.72. The topological polar surface area (TPSA) is 104 Å². The van der Waals surface area contributed by atoms with Gasteiger partial charge in [0.2, 0.25) is 3.79 Å². The van der Waals surface area contributed by atoms with Crippen molar-refractivity contribution in [1.82, 2.24) is 9.97 Å². The monoisotopic (exact) mass is 327 g/mol. The number of aromatic nitrogens is 2. The van der Waals surface area contributed by atoms with Crippen LogP contribution in [0.5, 0.6) is 0 Å². The fourth-order valence-electron chi connectivity index (χ4n) is 1.15. The molecule has 0 aromatic carbocycles. The number of hydrogen-bond donors (Lipinski definition) is 1. The number of hydrogen-bond acceptors (Lipinski definition) is 7. The summed E-state index contributed by atoms with van der Waals surface area (Å²) in [5.74, 6) is -2.56. The number of carbonyl (C=O) groups is 2. The Morgan fingerprint density at radius 3 is 2.05 bits per heavy atom. The highest BCUT2D eigenvalue weighted by Crippen LogP contribution is 2.36. The average molecular weight is 329 g/mol. The summed E-state index contributed by atoms with van der Waals surface area (Å²) in [4.78, 5) is 30.5. The second-order valence-electron chi connectivity index (χ2n) is 3.14. The van der Waals surface area contributed by atoms with Crippen LogP contribution in [0.2, 0.25) is 0 Å². The lowest BCUT2D eigenvalue weighted by atomic mass is 10.2. The number of halogens is 3. The first kappa shape index (κ1) is 15.7. The van der Waals surface area contributed by atoms with E-state index >= 15 is 0 Å². The van der Waals surface area contributed by atoms with Crippen LogP contribution in [0.25, 0.3) is 0 Å². The van der Waals surface area contributed by atoms with Crippen LogP contribution in [0.3, 0.4) is 0 Å². The van der Waals surface area contributed by atoms with E-state index < -0.39 is 21.4 Å². The van der Waals surface area contributed by atoms with Crippen molar-refractivity contribution in [3.8, 4) is 0 Å². The Kier molecular flexibility index (Phi) is 4.78. The average Bonchev–Trinajstić information content (AvgIpc) is 2.34. The maximum absolute atomic E-state index is 11.6. The van der Waals surface area contributed by atoms with Crippen molar-refractivity contribution in [2.45, 2.75) is 3.79 Å². The Morgan fingerprint density at radius 1 is 1.11 bits per heavy atom. The van der Waals surface area contributed by atoms with Crippen LogP contribution in [-0.2, 0) is 13.3 Å². The molecule has 10 heteroatoms. The van der Waals surface area contributed by atoms with Gasteiger partial charge in [0.05, 0.1) is 14.2 Å². The first-order valence-electron chi connectivity index (χ1n) is 4.63. The minimum atomic E-state index is -2.01. The molecule has 0 atom stereocenters. The molecule has 0 unspecified atom stereocenters. The number of rotatable bonds is 2. The zero-order valence-electron chi connectivity index (χ0n) is 9.74. The Hall–Kier alpha value is -1.31. The van der Waals surface area contributed by atoms with Gasteiger partial charge < -0.3 is 15.2 Å². The molecule has 0 aliphatic rings. The highest BCUT2D eigenvalue weighted by molar-refractivity contribution is 6.66. The van der Waals surface area contributed by atoms with Gasteiger partial charge in [-0.05, 0) is 0 Å². The lowest BCUT2D eigenvalue weighted by Gasteiger charge is -2.13. The third kappa shape index (κ3) is 3.37. The normalized spacial score (nSPS) is 11.0. The van der Waals surface area contributed by atoms with Crippen molar-refractivity contribution < 1.29 is 19.1 Å². The SMILES string of the molecule is COC(=O)c1nc(C(Cl)(Cl)Cl)nc(N)c1C(=O)OC. The summed E-state index contributed by atoms with van der Waals surface area (Å²) in [5.41, 5.74) is 4.76. The molecule has 0 amide bonds. The lowest BCUT2D eigenvalue weighted by Crippen LogP contribution is -2.21. The van der Waals surface area contributed by atoms with Gasteiger partial charge >= 0.3 is 11.9 Å². The van der Waals surface area contributed by atoms with E-state index in [0.29, 0.717) is 0 Å². The fourth-order valence-corrected chi connectivity index (χ4v) is 1.41. The zero-order valence-corrected chi connectivity index (χ0v) is 12.0. The van der Waals surface area contributed by atoms with Gasteiger partial charge in [0.25, 0.3) is 0 Å². The van der Waals surface area contributed by atoms with Crippen molar-refractivity contribution >= 4 is 52.6 Å². The van der Waals surface area contributed by atoms with Crippen molar-refractivity contribution in [3.05, 3.63) is 17.1 Å². The van der Waals surface area contributed by atoms with Gasteiger partial charge in [0, 0.05) is 0 Å². The van der Waals surface area contributed by atoms with Crippen LogP contribution in [0.1, 0.15) is 26.7 Å². The number of nitrogen functional groups attached to an aromatic ring is 1. The maximum atomic E-state index is 11.6. The molecule has 0 fully saturated rings. The molecule has 0 aliphatic heterocycles. The molecule has 19 heavy (non-hydrogen) atoms. The summed E-state index contributed by atoms with van der Waals surface area (Å²) < 4.78 is 6.94. The van der Waals surface area contributed by atoms with Crippen molar-refractivity contribution in [2.75, 3.05) is 20.0 Å². The van der Waals surface area contributed by atoms with E-state index in [1.165, 1.54) is 0 Å². The number of methoxy groups -OCH3 is 2. The minimum absolute atomic E-state index is 0.354. The predicted octanol–water partition coefficient (Wildman–Crippen LogP) is 1.46. The van der Waals surface area contributed by atoms with Crippen LogP contribution < -0.4 is 5.73 Å². The van der Waals surface area contributed by atoms with E-state index in [0.717, 1.165) is 14.2 Å². The van der Waals surface area contributed by atoms with Crippen LogP contribution in [-0.4, -0.2) is 36.1 Å². The smallest absolute Gasteiger partial charge is 0.357 e. The Morgan fingerprint density at radius 2 is 1.63 bits per heavy atom. The highest BCUT2D eigenvalue weighted by atomic mass is 35.6. The quantitative estimate of drug-likeness (QED) is 0.647. The fraction of sp³-hybridized carbons (Fsp3) is 0.333. The Labute approximate surface area is 122 Å². The van der Waals surface area contributed by atoms with E-state index in [1.54, 1.807) is 0 Å². The van der Waals surface area contributed by atoms with E-state index in [2.05, 4.69) is 19.4 Å². The standard InChI is InChI=1S/C9H8Cl3N3O4/c1-18-6(16)3-4(7(17)19-2)14-8(9(10,11)12)15-5(3)13/h1-2H3,(H2,13,14,15). The maximum Gasteiger partial charge on any atom is 0.357 e. The van der Waals surface area contributed by atoms with Gasteiger partial charge in [0.15, 0.2) is 11.5 Å². The van der Waals surface area contributed by atoms with Crippen LogP contribution >= 0.6 is 34.8 Å². The number of anilines is 1. The molecule has 104 valence electrons. The molecule has 0 saturated carbocycles. The molecule has 1 aromatic rings. The number of alkyl halides is 3. The molecule has 7 nitrogen and oxygen atoms in total. The van der Waals surface area contributed by atoms with Gasteiger partial charge in [0.1, 0.15) is 11.4 Å².